The second kappa shape index (κ2) is 5.40. The molecule has 0 fully saturated rings. The Morgan fingerprint density at radius 2 is 1.86 bits per heavy atom. The monoisotopic (exact) mass is 281 g/mol. The van der Waals surface area contributed by atoms with Crippen molar-refractivity contribution in [1.29, 1.82) is 0 Å². The second-order valence-corrected chi connectivity index (χ2v) is 5.03. The molecule has 3 N–H and O–H groups in total. The first kappa shape index (κ1) is 13.4. The van der Waals surface area contributed by atoms with Gasteiger partial charge in [0.25, 0.3) is 0 Å². The minimum atomic E-state index is -0.358. The molecule has 0 amide bonds. The summed E-state index contributed by atoms with van der Waals surface area (Å²) in [5, 5.41) is 4.81. The van der Waals surface area contributed by atoms with E-state index in [1.807, 2.05) is 37.3 Å². The van der Waals surface area contributed by atoms with E-state index in [1.165, 1.54) is 12.1 Å². The van der Waals surface area contributed by atoms with Crippen LogP contribution in [0.1, 0.15) is 18.5 Å². The molecular weight excluding hydrogens is 265 g/mol. The lowest BCUT2D eigenvalue weighted by Gasteiger charge is -2.16. The first-order chi connectivity index (χ1) is 10.1. The van der Waals surface area contributed by atoms with E-state index < -0.39 is 0 Å². The molecule has 0 saturated carbocycles. The standard InChI is InChI=1S/C17H16FN3/c1-11(12-5-3-2-4-6-12)21-17-15-9-13(18)10-16(19)14(15)7-8-20-17/h2-11H,19H2,1H3,(H,20,21). The molecule has 1 heterocycles. The molecule has 0 aliphatic rings. The fourth-order valence-electron chi connectivity index (χ4n) is 2.42. The molecule has 0 radical (unpaired) electrons. The molecule has 3 rings (SSSR count). The van der Waals surface area contributed by atoms with Gasteiger partial charge in [-0.15, -0.1) is 0 Å². The average molecular weight is 281 g/mol. The summed E-state index contributed by atoms with van der Waals surface area (Å²) in [6.07, 6.45) is 1.68. The average Bonchev–Trinajstić information content (AvgIpc) is 2.49. The van der Waals surface area contributed by atoms with Gasteiger partial charge in [-0.25, -0.2) is 9.37 Å². The quantitative estimate of drug-likeness (QED) is 0.710. The maximum absolute atomic E-state index is 13.6. The van der Waals surface area contributed by atoms with Crippen LogP contribution in [0.3, 0.4) is 0 Å². The summed E-state index contributed by atoms with van der Waals surface area (Å²) >= 11 is 0. The van der Waals surface area contributed by atoms with Crippen LogP contribution < -0.4 is 11.1 Å². The van der Waals surface area contributed by atoms with E-state index in [0.717, 1.165) is 10.9 Å². The van der Waals surface area contributed by atoms with Crippen LogP contribution in [0.4, 0.5) is 15.9 Å². The molecule has 3 aromatic rings. The van der Waals surface area contributed by atoms with Crippen molar-refractivity contribution >= 4 is 22.3 Å². The molecule has 0 saturated heterocycles. The van der Waals surface area contributed by atoms with Gasteiger partial charge in [-0.3, -0.25) is 0 Å². The van der Waals surface area contributed by atoms with Gasteiger partial charge in [-0.2, -0.15) is 0 Å². The van der Waals surface area contributed by atoms with Gasteiger partial charge in [0.2, 0.25) is 0 Å². The number of nitrogens with zero attached hydrogens (tertiary/aromatic N) is 1. The number of benzene rings is 2. The number of nitrogen functional groups attached to an aromatic ring is 1. The van der Waals surface area contributed by atoms with Crippen molar-refractivity contribution in [1.82, 2.24) is 4.98 Å². The number of rotatable bonds is 3. The molecular formula is C17H16FN3. The topological polar surface area (TPSA) is 50.9 Å². The number of hydrogen-bond acceptors (Lipinski definition) is 3. The third-order valence-corrected chi connectivity index (χ3v) is 3.53. The Labute approximate surface area is 122 Å². The van der Waals surface area contributed by atoms with Crippen LogP contribution in [-0.2, 0) is 0 Å². The summed E-state index contributed by atoms with van der Waals surface area (Å²) in [7, 11) is 0. The zero-order valence-electron chi connectivity index (χ0n) is 11.7. The molecule has 106 valence electrons. The van der Waals surface area contributed by atoms with E-state index in [-0.39, 0.29) is 11.9 Å². The summed E-state index contributed by atoms with van der Waals surface area (Å²) in [6.45, 7) is 2.04. The number of aromatic nitrogens is 1. The van der Waals surface area contributed by atoms with Crippen molar-refractivity contribution in [3.8, 4) is 0 Å². The number of halogens is 1. The van der Waals surface area contributed by atoms with E-state index in [9.17, 15) is 4.39 Å². The molecule has 1 atom stereocenters. The number of nitrogens with two attached hydrogens (primary N) is 1. The summed E-state index contributed by atoms with van der Waals surface area (Å²) in [5.74, 6) is 0.276. The first-order valence-electron chi connectivity index (χ1n) is 6.80. The third kappa shape index (κ3) is 2.65. The van der Waals surface area contributed by atoms with E-state index >= 15 is 0 Å². The molecule has 2 aromatic carbocycles. The lowest BCUT2D eigenvalue weighted by atomic mass is 10.1. The third-order valence-electron chi connectivity index (χ3n) is 3.53. The smallest absolute Gasteiger partial charge is 0.134 e. The first-order valence-corrected chi connectivity index (χ1v) is 6.80. The molecule has 21 heavy (non-hydrogen) atoms. The molecule has 3 nitrogen and oxygen atoms in total. The van der Waals surface area contributed by atoms with Crippen LogP contribution in [0.5, 0.6) is 0 Å². The summed E-state index contributed by atoms with van der Waals surface area (Å²) < 4.78 is 13.6. The van der Waals surface area contributed by atoms with E-state index in [1.54, 1.807) is 12.3 Å². The zero-order chi connectivity index (χ0) is 14.8. The van der Waals surface area contributed by atoms with E-state index in [0.29, 0.717) is 16.9 Å². The number of hydrogen-bond donors (Lipinski definition) is 2. The largest absolute Gasteiger partial charge is 0.398 e. The maximum atomic E-state index is 13.6. The molecule has 0 spiro atoms. The molecule has 1 unspecified atom stereocenters. The zero-order valence-corrected chi connectivity index (χ0v) is 11.7. The van der Waals surface area contributed by atoms with Crippen molar-refractivity contribution in [2.24, 2.45) is 0 Å². The molecule has 1 aromatic heterocycles. The van der Waals surface area contributed by atoms with E-state index in [2.05, 4.69) is 10.3 Å². The highest BCUT2D eigenvalue weighted by molar-refractivity contribution is 5.99. The Bertz CT molecular complexity index is 772. The Morgan fingerprint density at radius 1 is 1.10 bits per heavy atom. The van der Waals surface area contributed by atoms with Crippen LogP contribution in [0.25, 0.3) is 10.8 Å². The van der Waals surface area contributed by atoms with Crippen molar-refractivity contribution in [3.05, 3.63) is 66.1 Å². The van der Waals surface area contributed by atoms with Gasteiger partial charge >= 0.3 is 0 Å². The molecule has 4 heteroatoms. The van der Waals surface area contributed by atoms with E-state index in [4.69, 9.17) is 5.73 Å². The van der Waals surface area contributed by atoms with Crippen LogP contribution in [0.2, 0.25) is 0 Å². The van der Waals surface area contributed by atoms with Gasteiger partial charge in [0, 0.05) is 28.7 Å². The van der Waals surface area contributed by atoms with Crippen LogP contribution in [-0.4, -0.2) is 4.98 Å². The summed E-state index contributed by atoms with van der Waals surface area (Å²) in [5.41, 5.74) is 7.43. The SMILES string of the molecule is CC(Nc1nccc2c(N)cc(F)cc12)c1ccccc1. The van der Waals surface area contributed by atoms with Crippen LogP contribution in [0, 0.1) is 5.82 Å². The van der Waals surface area contributed by atoms with Gasteiger partial charge in [0.05, 0.1) is 0 Å². The number of nitrogens with one attached hydrogen (secondary N) is 1. The lowest BCUT2D eigenvalue weighted by molar-refractivity contribution is 0.630. The maximum Gasteiger partial charge on any atom is 0.134 e. The molecule has 0 aliphatic carbocycles. The fraction of sp³-hybridized carbons (Fsp3) is 0.118. The lowest BCUT2D eigenvalue weighted by Crippen LogP contribution is -2.08. The number of fused-ring (bicyclic) bond motifs is 1. The minimum Gasteiger partial charge on any atom is -0.398 e. The fourth-order valence-corrected chi connectivity index (χ4v) is 2.42. The summed E-state index contributed by atoms with van der Waals surface area (Å²) in [4.78, 5) is 4.32. The van der Waals surface area contributed by atoms with Crippen LogP contribution >= 0.6 is 0 Å². The van der Waals surface area contributed by atoms with Gasteiger partial charge in [-0.1, -0.05) is 30.3 Å². The predicted molar refractivity (Wildman–Crippen MR) is 84.6 cm³/mol. The van der Waals surface area contributed by atoms with Crippen molar-refractivity contribution in [2.45, 2.75) is 13.0 Å². The van der Waals surface area contributed by atoms with Crippen LogP contribution in [0.15, 0.2) is 54.7 Å². The van der Waals surface area contributed by atoms with Crippen molar-refractivity contribution < 1.29 is 4.39 Å². The molecule has 0 aliphatic heterocycles. The highest BCUT2D eigenvalue weighted by Crippen LogP contribution is 2.29. The number of anilines is 2. The Hall–Kier alpha value is -2.62. The Balaban J connectivity index is 2.01. The van der Waals surface area contributed by atoms with Gasteiger partial charge in [-0.05, 0) is 30.7 Å². The predicted octanol–water partition coefficient (Wildman–Crippen LogP) is 4.13. The minimum absolute atomic E-state index is 0.0637. The highest BCUT2D eigenvalue weighted by atomic mass is 19.1. The highest BCUT2D eigenvalue weighted by Gasteiger charge is 2.10. The van der Waals surface area contributed by atoms with Gasteiger partial charge in [0.1, 0.15) is 11.6 Å². The Kier molecular flexibility index (Phi) is 3.44. The Morgan fingerprint density at radius 3 is 2.62 bits per heavy atom. The van der Waals surface area contributed by atoms with Crippen molar-refractivity contribution in [2.75, 3.05) is 11.1 Å². The number of pyridine rings is 1. The van der Waals surface area contributed by atoms with Gasteiger partial charge < -0.3 is 11.1 Å². The second-order valence-electron chi connectivity index (χ2n) is 5.03. The normalized spacial score (nSPS) is 12.3. The molecule has 0 bridgehead atoms. The van der Waals surface area contributed by atoms with Crippen molar-refractivity contribution in [3.63, 3.8) is 0 Å². The summed E-state index contributed by atoms with van der Waals surface area (Å²) in [6, 6.07) is 14.7. The van der Waals surface area contributed by atoms with Gasteiger partial charge in [0.15, 0.2) is 0 Å².